The number of fused-ring (bicyclic) bond motifs is 1. The maximum atomic E-state index is 12.5. The highest BCUT2D eigenvalue weighted by molar-refractivity contribution is 9.10. The van der Waals surface area contributed by atoms with Crippen molar-refractivity contribution in [2.45, 2.75) is 19.3 Å². The maximum absolute atomic E-state index is 12.5. The zero-order valence-corrected chi connectivity index (χ0v) is 12.6. The third-order valence-corrected chi connectivity index (χ3v) is 4.36. The third kappa shape index (κ3) is 2.47. The van der Waals surface area contributed by atoms with Crippen molar-refractivity contribution in [2.24, 2.45) is 0 Å². The molecule has 0 amide bonds. The smallest absolute Gasteiger partial charge is 0.194 e. The van der Waals surface area contributed by atoms with Crippen LogP contribution in [0.2, 0.25) is 5.02 Å². The minimum Gasteiger partial charge on any atom is -0.289 e. The molecule has 0 radical (unpaired) electrons. The van der Waals surface area contributed by atoms with Crippen LogP contribution >= 0.6 is 27.5 Å². The quantitative estimate of drug-likeness (QED) is 0.719. The van der Waals surface area contributed by atoms with Crippen LogP contribution in [0.25, 0.3) is 0 Å². The second-order valence-corrected chi connectivity index (χ2v) is 6.11. The largest absolute Gasteiger partial charge is 0.289 e. The average molecular weight is 336 g/mol. The zero-order chi connectivity index (χ0) is 13.4. The van der Waals surface area contributed by atoms with Crippen molar-refractivity contribution < 1.29 is 4.79 Å². The summed E-state index contributed by atoms with van der Waals surface area (Å²) in [5, 5.41) is 0.494. The fourth-order valence-corrected chi connectivity index (χ4v) is 3.10. The lowest BCUT2D eigenvalue weighted by Gasteiger charge is -2.06. The Morgan fingerprint density at radius 2 is 1.84 bits per heavy atom. The molecule has 96 valence electrons. The molecule has 0 heterocycles. The van der Waals surface area contributed by atoms with Crippen molar-refractivity contribution in [3.8, 4) is 0 Å². The van der Waals surface area contributed by atoms with E-state index in [2.05, 4.69) is 22.0 Å². The molecule has 1 aliphatic rings. The van der Waals surface area contributed by atoms with Crippen LogP contribution in [0.5, 0.6) is 0 Å². The van der Waals surface area contributed by atoms with Gasteiger partial charge in [0.25, 0.3) is 0 Å². The monoisotopic (exact) mass is 334 g/mol. The van der Waals surface area contributed by atoms with Gasteiger partial charge in [-0.05, 0) is 54.7 Å². The lowest BCUT2D eigenvalue weighted by Crippen LogP contribution is -2.03. The number of halogens is 2. The van der Waals surface area contributed by atoms with Crippen LogP contribution in [0.15, 0.2) is 40.9 Å². The topological polar surface area (TPSA) is 17.1 Å². The predicted octanol–water partition coefficient (Wildman–Crippen LogP) is 4.82. The van der Waals surface area contributed by atoms with Gasteiger partial charge in [-0.15, -0.1) is 0 Å². The van der Waals surface area contributed by atoms with E-state index < -0.39 is 0 Å². The Balaban J connectivity index is 2.02. The van der Waals surface area contributed by atoms with E-state index in [0.717, 1.165) is 22.9 Å². The van der Waals surface area contributed by atoms with E-state index in [1.807, 2.05) is 18.2 Å². The van der Waals surface area contributed by atoms with Gasteiger partial charge in [0.15, 0.2) is 5.78 Å². The van der Waals surface area contributed by atoms with E-state index in [-0.39, 0.29) is 5.78 Å². The molecular formula is C16H12BrClO. The number of hydrogen-bond donors (Lipinski definition) is 0. The first-order valence-corrected chi connectivity index (χ1v) is 7.44. The minimum atomic E-state index is -0.0130. The van der Waals surface area contributed by atoms with Gasteiger partial charge in [-0.2, -0.15) is 0 Å². The number of carbonyl (C=O) groups excluding carboxylic acids is 1. The van der Waals surface area contributed by atoms with Gasteiger partial charge >= 0.3 is 0 Å². The molecule has 0 aliphatic heterocycles. The zero-order valence-electron chi connectivity index (χ0n) is 10.2. The highest BCUT2D eigenvalue weighted by Crippen LogP contribution is 2.27. The maximum Gasteiger partial charge on any atom is 0.194 e. The van der Waals surface area contributed by atoms with Gasteiger partial charge in [-0.3, -0.25) is 4.79 Å². The van der Waals surface area contributed by atoms with Gasteiger partial charge < -0.3 is 0 Å². The molecule has 1 nitrogen and oxygen atoms in total. The minimum absolute atomic E-state index is 0.0130. The molecule has 0 fully saturated rings. The van der Waals surface area contributed by atoms with E-state index >= 15 is 0 Å². The number of hydrogen-bond acceptors (Lipinski definition) is 1. The summed E-state index contributed by atoms with van der Waals surface area (Å²) < 4.78 is 0.862. The lowest BCUT2D eigenvalue weighted by molar-refractivity contribution is 0.103. The lowest BCUT2D eigenvalue weighted by atomic mass is 9.99. The van der Waals surface area contributed by atoms with Crippen LogP contribution in [-0.4, -0.2) is 5.78 Å². The Labute approximate surface area is 125 Å². The van der Waals surface area contributed by atoms with Crippen LogP contribution in [0, 0.1) is 0 Å². The van der Waals surface area contributed by atoms with Crippen LogP contribution in [-0.2, 0) is 12.8 Å². The van der Waals surface area contributed by atoms with Gasteiger partial charge in [0.2, 0.25) is 0 Å². The SMILES string of the molecule is O=C(c1ccc2c(c1)CCC2)c1cc(Br)ccc1Cl. The summed E-state index contributed by atoms with van der Waals surface area (Å²) in [7, 11) is 0. The van der Waals surface area contributed by atoms with Crippen molar-refractivity contribution in [3.63, 3.8) is 0 Å². The first-order chi connectivity index (χ1) is 9.15. The Morgan fingerprint density at radius 3 is 2.68 bits per heavy atom. The van der Waals surface area contributed by atoms with Gasteiger partial charge in [0.1, 0.15) is 0 Å². The van der Waals surface area contributed by atoms with E-state index in [1.165, 1.54) is 17.5 Å². The molecule has 2 aromatic carbocycles. The summed E-state index contributed by atoms with van der Waals surface area (Å²) in [4.78, 5) is 12.5. The molecule has 0 saturated heterocycles. The highest BCUT2D eigenvalue weighted by atomic mass is 79.9. The van der Waals surface area contributed by atoms with Crippen molar-refractivity contribution in [1.29, 1.82) is 0 Å². The Morgan fingerprint density at radius 1 is 1.05 bits per heavy atom. The third-order valence-electron chi connectivity index (χ3n) is 3.53. The standard InChI is InChI=1S/C16H12BrClO/c17-13-6-7-15(18)14(9-13)16(19)12-5-4-10-2-1-3-11(10)8-12/h4-9H,1-3H2. The van der Waals surface area contributed by atoms with Gasteiger partial charge in [0.05, 0.1) is 5.02 Å². The predicted molar refractivity (Wildman–Crippen MR) is 81.1 cm³/mol. The number of ketones is 1. The molecule has 0 aromatic heterocycles. The molecule has 2 aromatic rings. The summed E-state index contributed by atoms with van der Waals surface area (Å²) in [5.74, 6) is -0.0130. The van der Waals surface area contributed by atoms with Crippen molar-refractivity contribution in [3.05, 3.63) is 68.1 Å². The highest BCUT2D eigenvalue weighted by Gasteiger charge is 2.17. The molecule has 3 heteroatoms. The van der Waals surface area contributed by atoms with E-state index in [9.17, 15) is 4.79 Å². The van der Waals surface area contributed by atoms with Gasteiger partial charge in [-0.1, -0.05) is 39.7 Å². The molecule has 3 rings (SSSR count). The first kappa shape index (κ1) is 12.9. The Kier molecular flexibility index (Phi) is 3.46. The second kappa shape index (κ2) is 5.10. The van der Waals surface area contributed by atoms with Crippen molar-refractivity contribution in [2.75, 3.05) is 0 Å². The molecule has 0 saturated carbocycles. The molecule has 0 bridgehead atoms. The average Bonchev–Trinajstić information content (AvgIpc) is 2.88. The van der Waals surface area contributed by atoms with Crippen LogP contribution in [0.4, 0.5) is 0 Å². The normalized spacial score (nSPS) is 13.4. The molecule has 19 heavy (non-hydrogen) atoms. The number of aryl methyl sites for hydroxylation is 2. The van der Waals surface area contributed by atoms with E-state index in [0.29, 0.717) is 10.6 Å². The van der Waals surface area contributed by atoms with E-state index in [1.54, 1.807) is 12.1 Å². The van der Waals surface area contributed by atoms with E-state index in [4.69, 9.17) is 11.6 Å². The molecule has 0 spiro atoms. The number of carbonyl (C=O) groups is 1. The fourth-order valence-electron chi connectivity index (χ4n) is 2.54. The van der Waals surface area contributed by atoms with Crippen LogP contribution in [0.3, 0.4) is 0 Å². The Bertz CT molecular complexity index is 664. The molecule has 1 aliphatic carbocycles. The number of rotatable bonds is 2. The van der Waals surface area contributed by atoms with Crippen molar-refractivity contribution >= 4 is 33.3 Å². The van der Waals surface area contributed by atoms with Crippen LogP contribution < -0.4 is 0 Å². The summed E-state index contributed by atoms with van der Waals surface area (Å²) >= 11 is 9.49. The molecule has 0 unspecified atom stereocenters. The summed E-state index contributed by atoms with van der Waals surface area (Å²) in [6, 6.07) is 11.3. The summed E-state index contributed by atoms with van der Waals surface area (Å²) in [6.07, 6.45) is 3.38. The molecular weight excluding hydrogens is 324 g/mol. The summed E-state index contributed by atoms with van der Waals surface area (Å²) in [5.41, 5.74) is 3.95. The van der Waals surface area contributed by atoms with Gasteiger partial charge in [0, 0.05) is 15.6 Å². The van der Waals surface area contributed by atoms with Gasteiger partial charge in [-0.25, -0.2) is 0 Å². The second-order valence-electron chi connectivity index (χ2n) is 4.79. The van der Waals surface area contributed by atoms with Crippen LogP contribution in [0.1, 0.15) is 33.5 Å². The molecule has 0 N–H and O–H groups in total. The first-order valence-electron chi connectivity index (χ1n) is 6.27. The molecule has 0 atom stereocenters. The summed E-state index contributed by atoms with van der Waals surface area (Å²) in [6.45, 7) is 0. The fraction of sp³-hybridized carbons (Fsp3) is 0.188. The van der Waals surface area contributed by atoms with Crippen molar-refractivity contribution in [1.82, 2.24) is 0 Å². The number of benzene rings is 2. The Hall–Kier alpha value is -1.12.